The smallest absolute Gasteiger partial charge is 0.201 e. The average molecular weight is 142 g/mol. The maximum Gasteiger partial charge on any atom is 0.201 e. The molecular weight excluding hydrogens is 136 g/mol. The Morgan fingerprint density at radius 1 is 1.30 bits per heavy atom. The Morgan fingerprint density at radius 3 is 2.40 bits per heavy atom. The summed E-state index contributed by atoms with van der Waals surface area (Å²) >= 11 is 0. The summed E-state index contributed by atoms with van der Waals surface area (Å²) < 4.78 is 0. The van der Waals surface area contributed by atoms with Crippen molar-refractivity contribution in [2.75, 3.05) is 0 Å². The molecular formula is C6H6O4. The van der Waals surface area contributed by atoms with Gasteiger partial charge in [0.1, 0.15) is 6.10 Å². The molecule has 2 atom stereocenters. The van der Waals surface area contributed by atoms with Gasteiger partial charge in [-0.2, -0.15) is 0 Å². The van der Waals surface area contributed by atoms with Crippen molar-refractivity contribution >= 4 is 11.6 Å². The van der Waals surface area contributed by atoms with Crippen LogP contribution in [0.1, 0.15) is 0 Å². The molecule has 0 aromatic rings. The largest absolute Gasteiger partial charge is 0.381 e. The van der Waals surface area contributed by atoms with E-state index in [-0.39, 0.29) is 0 Å². The summed E-state index contributed by atoms with van der Waals surface area (Å²) in [6.07, 6.45) is -0.943. The topological polar surface area (TPSA) is 74.6 Å². The van der Waals surface area contributed by atoms with E-state index in [1.165, 1.54) is 0 Å². The molecule has 2 unspecified atom stereocenters. The van der Waals surface area contributed by atoms with Crippen LogP contribution in [0, 0.1) is 0 Å². The minimum atomic E-state index is -1.67. The normalized spacial score (nSPS) is 33.0. The van der Waals surface area contributed by atoms with Crippen LogP contribution < -0.4 is 0 Å². The molecule has 0 spiro atoms. The van der Waals surface area contributed by atoms with Crippen LogP contribution >= 0.6 is 0 Å². The Hall–Kier alpha value is -1.00. The first kappa shape index (κ1) is 7.11. The first-order valence-electron chi connectivity index (χ1n) is 2.75. The van der Waals surface area contributed by atoms with Gasteiger partial charge in [-0.15, -0.1) is 0 Å². The molecule has 0 saturated carbocycles. The third-order valence-electron chi connectivity index (χ3n) is 1.27. The second-order valence-electron chi connectivity index (χ2n) is 2.01. The monoisotopic (exact) mass is 142 g/mol. The zero-order chi connectivity index (χ0) is 7.72. The summed E-state index contributed by atoms with van der Waals surface area (Å²) in [6.45, 7) is 0. The summed E-state index contributed by atoms with van der Waals surface area (Å²) in [5, 5.41) is 17.4. The summed E-state index contributed by atoms with van der Waals surface area (Å²) in [7, 11) is 0. The highest BCUT2D eigenvalue weighted by molar-refractivity contribution is 6.14. The van der Waals surface area contributed by atoms with Gasteiger partial charge >= 0.3 is 0 Å². The van der Waals surface area contributed by atoms with E-state index in [2.05, 4.69) is 0 Å². The highest BCUT2D eigenvalue weighted by atomic mass is 16.3. The van der Waals surface area contributed by atoms with Gasteiger partial charge in [0.2, 0.25) is 5.78 Å². The quantitative estimate of drug-likeness (QED) is 0.400. The minimum absolute atomic E-state index is 0.671. The second kappa shape index (κ2) is 2.32. The number of carbonyl (C=O) groups excluding carboxylic acids is 2. The molecule has 1 rings (SSSR count). The van der Waals surface area contributed by atoms with E-state index < -0.39 is 23.8 Å². The lowest BCUT2D eigenvalue weighted by molar-refractivity contribution is -0.141. The van der Waals surface area contributed by atoms with Gasteiger partial charge in [-0.05, 0) is 12.2 Å². The summed E-state index contributed by atoms with van der Waals surface area (Å²) in [5.41, 5.74) is 0. The van der Waals surface area contributed by atoms with Crippen LogP contribution in [0.5, 0.6) is 0 Å². The van der Waals surface area contributed by atoms with E-state index in [0.29, 0.717) is 0 Å². The molecule has 1 aliphatic rings. The van der Waals surface area contributed by atoms with Gasteiger partial charge < -0.3 is 10.2 Å². The lowest BCUT2D eigenvalue weighted by Crippen LogP contribution is -2.39. The summed E-state index contributed by atoms with van der Waals surface area (Å²) in [6, 6.07) is 0. The third kappa shape index (κ3) is 0.984. The molecule has 4 heteroatoms. The molecule has 0 radical (unpaired) electrons. The highest BCUT2D eigenvalue weighted by Gasteiger charge is 2.30. The predicted octanol–water partition coefficient (Wildman–Crippen LogP) is -1.58. The van der Waals surface area contributed by atoms with E-state index in [0.717, 1.165) is 12.2 Å². The van der Waals surface area contributed by atoms with E-state index >= 15 is 0 Å². The van der Waals surface area contributed by atoms with Crippen molar-refractivity contribution in [3.63, 3.8) is 0 Å². The fourth-order valence-electron chi connectivity index (χ4n) is 0.674. The van der Waals surface area contributed by atoms with Gasteiger partial charge in [0, 0.05) is 0 Å². The van der Waals surface area contributed by atoms with Crippen molar-refractivity contribution in [2.45, 2.75) is 12.2 Å². The van der Waals surface area contributed by atoms with Gasteiger partial charge in [-0.3, -0.25) is 9.59 Å². The molecule has 0 aromatic carbocycles. The fourth-order valence-corrected chi connectivity index (χ4v) is 0.674. The Kier molecular flexibility index (Phi) is 1.65. The van der Waals surface area contributed by atoms with Crippen LogP contribution in [0.25, 0.3) is 0 Å². The number of rotatable bonds is 0. The molecule has 0 amide bonds. The van der Waals surface area contributed by atoms with Crippen molar-refractivity contribution in [1.29, 1.82) is 0 Å². The van der Waals surface area contributed by atoms with Crippen molar-refractivity contribution < 1.29 is 19.8 Å². The Morgan fingerprint density at radius 2 is 1.90 bits per heavy atom. The molecule has 1 aliphatic carbocycles. The van der Waals surface area contributed by atoms with Gasteiger partial charge in [0.05, 0.1) is 0 Å². The first-order chi connectivity index (χ1) is 4.63. The Balaban J connectivity index is 2.89. The molecule has 0 heterocycles. The molecule has 54 valence electrons. The van der Waals surface area contributed by atoms with Crippen molar-refractivity contribution in [2.24, 2.45) is 0 Å². The Labute approximate surface area is 56.8 Å². The second-order valence-corrected chi connectivity index (χ2v) is 2.01. The third-order valence-corrected chi connectivity index (χ3v) is 1.27. The van der Waals surface area contributed by atoms with Crippen LogP contribution in [0.2, 0.25) is 0 Å². The molecule has 0 aromatic heterocycles. The van der Waals surface area contributed by atoms with Crippen LogP contribution in [0.4, 0.5) is 0 Å². The molecule has 10 heavy (non-hydrogen) atoms. The van der Waals surface area contributed by atoms with Crippen molar-refractivity contribution in [3.8, 4) is 0 Å². The standard InChI is InChI=1S/C6H6O4/c7-3-1-2-4(8)6(10)5(3)9/h1-3,6-7,10H. The van der Waals surface area contributed by atoms with Crippen LogP contribution in [-0.4, -0.2) is 34.0 Å². The van der Waals surface area contributed by atoms with Crippen molar-refractivity contribution in [3.05, 3.63) is 12.2 Å². The molecule has 0 bridgehead atoms. The molecule has 2 N–H and O–H groups in total. The number of Topliss-reactive ketones (excluding diaryl/α,β-unsaturated/α-hetero) is 1. The van der Waals surface area contributed by atoms with E-state index in [4.69, 9.17) is 10.2 Å². The summed E-state index contributed by atoms with van der Waals surface area (Å²) in [4.78, 5) is 21.0. The number of carbonyl (C=O) groups is 2. The van der Waals surface area contributed by atoms with Gasteiger partial charge in [0.15, 0.2) is 11.9 Å². The number of hydrogen-bond acceptors (Lipinski definition) is 4. The van der Waals surface area contributed by atoms with Crippen molar-refractivity contribution in [1.82, 2.24) is 0 Å². The molecule has 0 aliphatic heterocycles. The van der Waals surface area contributed by atoms with Gasteiger partial charge in [-0.1, -0.05) is 0 Å². The maximum absolute atomic E-state index is 10.6. The fraction of sp³-hybridized carbons (Fsp3) is 0.333. The van der Waals surface area contributed by atoms with E-state index in [9.17, 15) is 9.59 Å². The number of hydrogen-bond donors (Lipinski definition) is 2. The van der Waals surface area contributed by atoms with E-state index in [1.54, 1.807) is 0 Å². The summed E-state index contributed by atoms with van der Waals surface area (Å²) in [5.74, 6) is -1.53. The zero-order valence-electron chi connectivity index (χ0n) is 5.02. The maximum atomic E-state index is 10.6. The lowest BCUT2D eigenvalue weighted by Gasteiger charge is -2.12. The van der Waals surface area contributed by atoms with Gasteiger partial charge in [0.25, 0.3) is 0 Å². The average Bonchev–Trinajstić information content (AvgIpc) is 1.93. The molecule has 4 nitrogen and oxygen atoms in total. The Bertz CT molecular complexity index is 206. The van der Waals surface area contributed by atoms with Crippen LogP contribution in [0.15, 0.2) is 12.2 Å². The minimum Gasteiger partial charge on any atom is -0.381 e. The van der Waals surface area contributed by atoms with Gasteiger partial charge in [-0.25, -0.2) is 0 Å². The number of aliphatic hydroxyl groups excluding tert-OH is 2. The number of ketones is 2. The van der Waals surface area contributed by atoms with Crippen LogP contribution in [0.3, 0.4) is 0 Å². The van der Waals surface area contributed by atoms with E-state index in [1.807, 2.05) is 0 Å². The first-order valence-corrected chi connectivity index (χ1v) is 2.75. The zero-order valence-corrected chi connectivity index (χ0v) is 5.02. The van der Waals surface area contributed by atoms with Crippen LogP contribution in [-0.2, 0) is 9.59 Å². The molecule has 0 fully saturated rings. The highest BCUT2D eigenvalue weighted by Crippen LogP contribution is 2.03. The number of aliphatic hydroxyl groups is 2. The SMILES string of the molecule is O=C1C=CC(O)C(=O)C1O. The molecule has 0 saturated heterocycles. The lowest BCUT2D eigenvalue weighted by atomic mass is 10.00. The predicted molar refractivity (Wildman–Crippen MR) is 31.2 cm³/mol.